The number of carbonyl (C=O) groups excluding carboxylic acids is 1. The number of amides is 1. The number of nitrogens with zero attached hydrogens (tertiary/aromatic N) is 2. The van der Waals surface area contributed by atoms with E-state index in [1.165, 1.54) is 12.3 Å². The molecule has 0 spiro atoms. The predicted octanol–water partition coefficient (Wildman–Crippen LogP) is 1.77. The Morgan fingerprint density at radius 2 is 2.24 bits per heavy atom. The second kappa shape index (κ2) is 5.55. The zero-order valence-corrected chi connectivity index (χ0v) is 11.9. The molecule has 3 rings (SSSR count). The fourth-order valence-electron chi connectivity index (χ4n) is 2.88. The van der Waals surface area contributed by atoms with E-state index in [1.54, 1.807) is 12.3 Å². The van der Waals surface area contributed by atoms with Crippen LogP contribution in [0.2, 0.25) is 0 Å². The van der Waals surface area contributed by atoms with Crippen molar-refractivity contribution >= 4 is 5.91 Å². The molecule has 2 aromatic rings. The van der Waals surface area contributed by atoms with Crippen LogP contribution in [0.1, 0.15) is 46.9 Å². The maximum atomic E-state index is 12.7. The van der Waals surface area contributed by atoms with Crippen LogP contribution in [-0.4, -0.2) is 32.5 Å². The van der Waals surface area contributed by atoms with Gasteiger partial charge in [0.25, 0.3) is 5.91 Å². The standard InChI is InChI=1S/C15H18N4O2/c1-10-8-17-18-14(10)12-4-2-3-7-19(12)15(21)11-5-6-13(20)16-9-11/h5-6,8-9,12H,2-4,7H2,1H3,(H,16,20)(H,17,18)/t12-/m1/s1. The van der Waals surface area contributed by atoms with Crippen molar-refractivity contribution in [2.24, 2.45) is 0 Å². The maximum Gasteiger partial charge on any atom is 0.255 e. The number of hydrogen-bond donors (Lipinski definition) is 2. The molecule has 0 saturated carbocycles. The van der Waals surface area contributed by atoms with Crippen molar-refractivity contribution in [2.45, 2.75) is 32.2 Å². The first-order chi connectivity index (χ1) is 10.2. The van der Waals surface area contributed by atoms with Crippen molar-refractivity contribution in [3.8, 4) is 0 Å². The molecule has 1 saturated heterocycles. The van der Waals surface area contributed by atoms with Crippen LogP contribution in [0.15, 0.2) is 29.3 Å². The fourth-order valence-corrected chi connectivity index (χ4v) is 2.88. The Hall–Kier alpha value is -2.37. The number of aromatic nitrogens is 3. The monoisotopic (exact) mass is 286 g/mol. The molecule has 1 aliphatic heterocycles. The molecule has 6 nitrogen and oxygen atoms in total. The summed E-state index contributed by atoms with van der Waals surface area (Å²) in [5.74, 6) is -0.0510. The van der Waals surface area contributed by atoms with E-state index >= 15 is 0 Å². The van der Waals surface area contributed by atoms with Gasteiger partial charge >= 0.3 is 0 Å². The highest BCUT2D eigenvalue weighted by molar-refractivity contribution is 5.94. The number of carbonyl (C=O) groups is 1. The molecule has 0 radical (unpaired) electrons. The van der Waals surface area contributed by atoms with Crippen LogP contribution in [-0.2, 0) is 0 Å². The average molecular weight is 286 g/mol. The molecule has 0 unspecified atom stereocenters. The van der Waals surface area contributed by atoms with Gasteiger partial charge in [-0.25, -0.2) is 0 Å². The summed E-state index contributed by atoms with van der Waals surface area (Å²) in [6, 6.07) is 2.99. The average Bonchev–Trinajstić information content (AvgIpc) is 2.93. The molecule has 0 aliphatic carbocycles. The van der Waals surface area contributed by atoms with E-state index in [0.29, 0.717) is 5.56 Å². The number of hydrogen-bond acceptors (Lipinski definition) is 3. The second-order valence-corrected chi connectivity index (χ2v) is 5.42. The molecule has 2 aromatic heterocycles. The van der Waals surface area contributed by atoms with Crippen LogP contribution in [0.5, 0.6) is 0 Å². The first kappa shape index (κ1) is 13.6. The van der Waals surface area contributed by atoms with E-state index < -0.39 is 0 Å². The Morgan fingerprint density at radius 1 is 1.38 bits per heavy atom. The lowest BCUT2D eigenvalue weighted by molar-refractivity contribution is 0.0605. The second-order valence-electron chi connectivity index (χ2n) is 5.42. The summed E-state index contributed by atoms with van der Waals surface area (Å²) >= 11 is 0. The van der Waals surface area contributed by atoms with Gasteiger partial charge < -0.3 is 9.88 Å². The molecule has 110 valence electrons. The first-order valence-corrected chi connectivity index (χ1v) is 7.16. The van der Waals surface area contributed by atoms with Crippen molar-refractivity contribution in [3.05, 3.63) is 51.7 Å². The Labute approximate surface area is 122 Å². The quantitative estimate of drug-likeness (QED) is 0.882. The van der Waals surface area contributed by atoms with E-state index in [-0.39, 0.29) is 17.5 Å². The van der Waals surface area contributed by atoms with Gasteiger partial charge in [-0.15, -0.1) is 0 Å². The third-order valence-electron chi connectivity index (χ3n) is 4.00. The van der Waals surface area contributed by atoms with Crippen molar-refractivity contribution in [1.82, 2.24) is 20.1 Å². The van der Waals surface area contributed by atoms with E-state index in [1.807, 2.05) is 11.8 Å². The molecular weight excluding hydrogens is 268 g/mol. The van der Waals surface area contributed by atoms with Gasteiger partial charge in [0, 0.05) is 18.8 Å². The van der Waals surface area contributed by atoms with Gasteiger partial charge in [-0.2, -0.15) is 5.10 Å². The summed E-state index contributed by atoms with van der Waals surface area (Å²) in [6.07, 6.45) is 6.29. The molecular formula is C15H18N4O2. The summed E-state index contributed by atoms with van der Waals surface area (Å²) in [5.41, 5.74) is 2.39. The molecule has 1 atom stereocenters. The molecule has 6 heteroatoms. The van der Waals surface area contributed by atoms with Crippen LogP contribution in [0.25, 0.3) is 0 Å². The van der Waals surface area contributed by atoms with Crippen molar-refractivity contribution < 1.29 is 4.79 Å². The maximum absolute atomic E-state index is 12.7. The predicted molar refractivity (Wildman–Crippen MR) is 78.0 cm³/mol. The lowest BCUT2D eigenvalue weighted by atomic mass is 9.96. The molecule has 1 fully saturated rings. The SMILES string of the molecule is Cc1cn[nH]c1[C@H]1CCCCN1C(=O)c1ccc(=O)[nH]c1. The summed E-state index contributed by atoms with van der Waals surface area (Å²) < 4.78 is 0. The van der Waals surface area contributed by atoms with Gasteiger partial charge in [-0.05, 0) is 37.8 Å². The first-order valence-electron chi connectivity index (χ1n) is 7.16. The summed E-state index contributed by atoms with van der Waals surface area (Å²) in [5, 5.41) is 7.08. The van der Waals surface area contributed by atoms with Crippen LogP contribution >= 0.6 is 0 Å². The lowest BCUT2D eigenvalue weighted by Crippen LogP contribution is -2.39. The van der Waals surface area contributed by atoms with E-state index in [0.717, 1.165) is 37.1 Å². The molecule has 21 heavy (non-hydrogen) atoms. The summed E-state index contributed by atoms with van der Waals surface area (Å²) in [6.45, 7) is 2.72. The minimum atomic E-state index is -0.203. The van der Waals surface area contributed by atoms with E-state index in [9.17, 15) is 9.59 Å². The van der Waals surface area contributed by atoms with Gasteiger partial charge in [0.2, 0.25) is 5.56 Å². The van der Waals surface area contributed by atoms with Crippen LogP contribution < -0.4 is 5.56 Å². The van der Waals surface area contributed by atoms with Crippen LogP contribution in [0, 0.1) is 6.92 Å². The number of likely N-dealkylation sites (tertiary alicyclic amines) is 1. The minimum absolute atomic E-state index is 0.0284. The molecule has 2 N–H and O–H groups in total. The molecule has 0 bridgehead atoms. The number of H-pyrrole nitrogens is 2. The Morgan fingerprint density at radius 3 is 2.90 bits per heavy atom. The molecule has 1 aliphatic rings. The third-order valence-corrected chi connectivity index (χ3v) is 4.00. The fraction of sp³-hybridized carbons (Fsp3) is 0.400. The van der Waals surface area contributed by atoms with Crippen molar-refractivity contribution in [3.63, 3.8) is 0 Å². The number of aromatic amines is 2. The number of piperidine rings is 1. The minimum Gasteiger partial charge on any atom is -0.330 e. The number of pyridine rings is 1. The van der Waals surface area contributed by atoms with Gasteiger partial charge in [0.05, 0.1) is 23.5 Å². The van der Waals surface area contributed by atoms with Gasteiger partial charge in [-0.3, -0.25) is 14.7 Å². The molecule has 0 aromatic carbocycles. The molecule has 3 heterocycles. The third kappa shape index (κ3) is 2.61. The van der Waals surface area contributed by atoms with E-state index in [2.05, 4.69) is 15.2 Å². The Kier molecular flexibility index (Phi) is 3.60. The van der Waals surface area contributed by atoms with Crippen molar-refractivity contribution in [2.75, 3.05) is 6.54 Å². The zero-order chi connectivity index (χ0) is 14.8. The largest absolute Gasteiger partial charge is 0.330 e. The number of aryl methyl sites for hydroxylation is 1. The summed E-state index contributed by atoms with van der Waals surface area (Å²) in [7, 11) is 0. The highest BCUT2D eigenvalue weighted by Crippen LogP contribution is 2.32. The van der Waals surface area contributed by atoms with Crippen LogP contribution in [0.4, 0.5) is 0 Å². The van der Waals surface area contributed by atoms with Gasteiger partial charge in [-0.1, -0.05) is 0 Å². The van der Waals surface area contributed by atoms with E-state index in [4.69, 9.17) is 0 Å². The highest BCUT2D eigenvalue weighted by atomic mass is 16.2. The normalized spacial score (nSPS) is 18.7. The van der Waals surface area contributed by atoms with Crippen LogP contribution in [0.3, 0.4) is 0 Å². The van der Waals surface area contributed by atoms with Crippen molar-refractivity contribution in [1.29, 1.82) is 0 Å². The summed E-state index contributed by atoms with van der Waals surface area (Å²) in [4.78, 5) is 28.3. The zero-order valence-electron chi connectivity index (χ0n) is 11.9. The van der Waals surface area contributed by atoms with Gasteiger partial charge in [0.1, 0.15) is 0 Å². The smallest absolute Gasteiger partial charge is 0.255 e. The number of nitrogens with one attached hydrogen (secondary N) is 2. The number of rotatable bonds is 2. The lowest BCUT2D eigenvalue weighted by Gasteiger charge is -2.35. The highest BCUT2D eigenvalue weighted by Gasteiger charge is 2.30. The van der Waals surface area contributed by atoms with Gasteiger partial charge in [0.15, 0.2) is 0 Å². The topological polar surface area (TPSA) is 81.8 Å². The Bertz CT molecular complexity index is 683. The molecule has 1 amide bonds. The Balaban J connectivity index is 1.91.